The lowest BCUT2D eigenvalue weighted by atomic mass is 10.1. The van der Waals surface area contributed by atoms with Gasteiger partial charge in [0.15, 0.2) is 5.76 Å². The van der Waals surface area contributed by atoms with Gasteiger partial charge in [0.2, 0.25) is 5.78 Å². The number of ether oxygens (including phenoxy) is 2. The highest BCUT2D eigenvalue weighted by molar-refractivity contribution is 6.15. The highest BCUT2D eigenvalue weighted by atomic mass is 16.5. The quantitative estimate of drug-likeness (QED) is 0.334. The third-order valence-corrected chi connectivity index (χ3v) is 5.71. The molecule has 158 valence electrons. The number of allylic oxidation sites excluding steroid dienone is 1. The van der Waals surface area contributed by atoms with Crippen molar-refractivity contribution in [3.05, 3.63) is 108 Å². The van der Waals surface area contributed by atoms with Crippen molar-refractivity contribution in [1.82, 2.24) is 4.57 Å². The van der Waals surface area contributed by atoms with Gasteiger partial charge >= 0.3 is 0 Å². The van der Waals surface area contributed by atoms with Crippen molar-refractivity contribution in [2.75, 3.05) is 0 Å². The Kier molecular flexibility index (Phi) is 5.12. The maximum atomic E-state index is 12.9. The highest BCUT2D eigenvalue weighted by Gasteiger charge is 2.28. The normalized spacial score (nSPS) is 13.9. The number of Topliss-reactive ketones (excluding diaryl/α,β-unsaturated/α-hetero) is 1. The van der Waals surface area contributed by atoms with E-state index in [2.05, 4.69) is 36.4 Å². The second-order valence-electron chi connectivity index (χ2n) is 7.72. The lowest BCUT2D eigenvalue weighted by Gasteiger charge is -2.07. The zero-order valence-corrected chi connectivity index (χ0v) is 17.9. The first-order valence-electron chi connectivity index (χ1n) is 10.7. The smallest absolute Gasteiger partial charge is 0.231 e. The van der Waals surface area contributed by atoms with Crippen molar-refractivity contribution in [2.45, 2.75) is 20.1 Å². The van der Waals surface area contributed by atoms with Crippen LogP contribution in [0.15, 0.2) is 85.3 Å². The maximum Gasteiger partial charge on any atom is 0.231 e. The molecule has 4 nitrogen and oxygen atoms in total. The van der Waals surface area contributed by atoms with E-state index in [1.807, 2.05) is 54.6 Å². The van der Waals surface area contributed by atoms with Crippen molar-refractivity contribution >= 4 is 28.8 Å². The number of nitrogens with zero attached hydrogens (tertiary/aromatic N) is 1. The molecule has 32 heavy (non-hydrogen) atoms. The minimum absolute atomic E-state index is 0.111. The van der Waals surface area contributed by atoms with Crippen LogP contribution in [0.1, 0.15) is 34.0 Å². The molecule has 1 aliphatic heterocycles. The van der Waals surface area contributed by atoms with Gasteiger partial charge in [0, 0.05) is 35.3 Å². The van der Waals surface area contributed by atoms with Gasteiger partial charge in [0.25, 0.3) is 0 Å². The van der Waals surface area contributed by atoms with E-state index in [-0.39, 0.29) is 5.78 Å². The predicted molar refractivity (Wildman–Crippen MR) is 128 cm³/mol. The Morgan fingerprint density at radius 2 is 1.88 bits per heavy atom. The van der Waals surface area contributed by atoms with Crippen LogP contribution in [0.25, 0.3) is 23.1 Å². The first-order chi connectivity index (χ1) is 15.7. The number of hydrogen-bond donors (Lipinski definition) is 0. The summed E-state index contributed by atoms with van der Waals surface area (Å²) in [7, 11) is 0. The molecule has 0 fully saturated rings. The van der Waals surface area contributed by atoms with Crippen LogP contribution in [-0.2, 0) is 13.2 Å². The summed E-state index contributed by atoms with van der Waals surface area (Å²) in [4.78, 5) is 12.9. The van der Waals surface area contributed by atoms with Crippen LogP contribution < -0.4 is 9.47 Å². The van der Waals surface area contributed by atoms with E-state index >= 15 is 0 Å². The van der Waals surface area contributed by atoms with Crippen molar-refractivity contribution in [2.24, 2.45) is 0 Å². The molecule has 0 radical (unpaired) electrons. The summed E-state index contributed by atoms with van der Waals surface area (Å²) in [5.41, 5.74) is 4.79. The molecule has 1 aromatic heterocycles. The van der Waals surface area contributed by atoms with Crippen LogP contribution in [-0.4, -0.2) is 10.4 Å². The molecule has 0 bridgehead atoms. The molecule has 0 atom stereocenters. The Bertz CT molecular complexity index is 1360. The number of benzene rings is 3. The largest absolute Gasteiger partial charge is 0.489 e. The molecule has 0 amide bonds. The fourth-order valence-corrected chi connectivity index (χ4v) is 3.97. The highest BCUT2D eigenvalue weighted by Crippen LogP contribution is 2.36. The SMILES string of the molecule is C=Cc1ccc(COc2ccc3c(c2)O/C(=C\c2cn(CC)c4ccccc24)C3=O)cc1. The van der Waals surface area contributed by atoms with E-state index in [9.17, 15) is 4.79 Å². The van der Waals surface area contributed by atoms with Crippen LogP contribution in [0.5, 0.6) is 11.5 Å². The van der Waals surface area contributed by atoms with E-state index in [4.69, 9.17) is 9.47 Å². The second-order valence-corrected chi connectivity index (χ2v) is 7.72. The summed E-state index contributed by atoms with van der Waals surface area (Å²) < 4.78 is 14.0. The van der Waals surface area contributed by atoms with Gasteiger partial charge in [-0.25, -0.2) is 0 Å². The number of para-hydroxylation sites is 1. The van der Waals surface area contributed by atoms with Gasteiger partial charge in [-0.05, 0) is 42.3 Å². The van der Waals surface area contributed by atoms with Gasteiger partial charge in [-0.15, -0.1) is 0 Å². The minimum Gasteiger partial charge on any atom is -0.489 e. The first kappa shape index (κ1) is 19.9. The Morgan fingerprint density at radius 3 is 2.66 bits per heavy atom. The molecule has 0 saturated carbocycles. The number of carbonyl (C=O) groups excluding carboxylic acids is 1. The molecule has 4 aromatic rings. The summed E-state index contributed by atoms with van der Waals surface area (Å²) in [5.74, 6) is 1.41. The number of rotatable bonds is 6. The molecule has 0 N–H and O–H groups in total. The van der Waals surface area contributed by atoms with Crippen molar-refractivity contribution in [3.8, 4) is 11.5 Å². The third-order valence-electron chi connectivity index (χ3n) is 5.71. The lowest BCUT2D eigenvalue weighted by molar-refractivity contribution is 0.101. The van der Waals surface area contributed by atoms with Crippen molar-refractivity contribution < 1.29 is 14.3 Å². The number of aromatic nitrogens is 1. The fourth-order valence-electron chi connectivity index (χ4n) is 3.97. The molecule has 0 spiro atoms. The Balaban J connectivity index is 1.37. The molecule has 5 rings (SSSR count). The number of carbonyl (C=O) groups is 1. The number of aryl methyl sites for hydroxylation is 1. The maximum absolute atomic E-state index is 12.9. The predicted octanol–water partition coefficient (Wildman–Crippen LogP) is 6.50. The monoisotopic (exact) mass is 421 g/mol. The lowest BCUT2D eigenvalue weighted by Crippen LogP contribution is -1.98. The van der Waals surface area contributed by atoms with E-state index in [0.717, 1.165) is 34.1 Å². The Morgan fingerprint density at radius 1 is 1.06 bits per heavy atom. The molecule has 1 aliphatic rings. The zero-order chi connectivity index (χ0) is 22.1. The number of hydrogen-bond acceptors (Lipinski definition) is 3. The zero-order valence-electron chi connectivity index (χ0n) is 17.9. The summed E-state index contributed by atoms with van der Waals surface area (Å²) in [6.07, 6.45) is 5.70. The standard InChI is InChI=1S/C28H23NO3/c1-3-19-9-11-20(12-10-19)18-31-22-13-14-24-26(16-22)32-27(28(24)30)15-21-17-29(4-2)25-8-6-5-7-23(21)25/h3,5-17H,1,4,18H2,2H3/b27-15-. The van der Waals surface area contributed by atoms with Crippen LogP contribution in [0.3, 0.4) is 0 Å². The average Bonchev–Trinajstić information content (AvgIpc) is 3.35. The van der Waals surface area contributed by atoms with E-state index < -0.39 is 0 Å². The molecular formula is C28H23NO3. The molecule has 4 heteroatoms. The Labute approximate surface area is 187 Å². The topological polar surface area (TPSA) is 40.5 Å². The van der Waals surface area contributed by atoms with Crippen LogP contribution in [0.4, 0.5) is 0 Å². The van der Waals surface area contributed by atoms with Gasteiger partial charge in [-0.1, -0.05) is 55.1 Å². The van der Waals surface area contributed by atoms with Crippen LogP contribution >= 0.6 is 0 Å². The molecular weight excluding hydrogens is 398 g/mol. The third kappa shape index (κ3) is 3.60. The van der Waals surface area contributed by atoms with Crippen molar-refractivity contribution in [3.63, 3.8) is 0 Å². The summed E-state index contributed by atoms with van der Waals surface area (Å²) in [6.45, 7) is 7.16. The van der Waals surface area contributed by atoms with Crippen LogP contribution in [0, 0.1) is 0 Å². The van der Waals surface area contributed by atoms with Gasteiger partial charge in [-0.2, -0.15) is 0 Å². The number of fused-ring (bicyclic) bond motifs is 2. The molecule has 0 saturated heterocycles. The average molecular weight is 421 g/mol. The van der Waals surface area contributed by atoms with Crippen molar-refractivity contribution in [1.29, 1.82) is 0 Å². The van der Waals surface area contributed by atoms with Gasteiger partial charge < -0.3 is 14.0 Å². The molecule has 0 unspecified atom stereocenters. The summed E-state index contributed by atoms with van der Waals surface area (Å²) in [5, 5.41) is 1.10. The van der Waals surface area contributed by atoms with Crippen LogP contribution in [0.2, 0.25) is 0 Å². The Hall–Kier alpha value is -4.05. The van der Waals surface area contributed by atoms with Gasteiger partial charge in [0.1, 0.15) is 18.1 Å². The van der Waals surface area contributed by atoms with Gasteiger partial charge in [0.05, 0.1) is 5.56 Å². The second kappa shape index (κ2) is 8.23. The van der Waals surface area contributed by atoms with E-state index in [0.29, 0.717) is 29.4 Å². The fraction of sp³-hybridized carbons (Fsp3) is 0.107. The molecule has 2 heterocycles. The van der Waals surface area contributed by atoms with E-state index in [1.165, 1.54) is 0 Å². The minimum atomic E-state index is -0.111. The summed E-state index contributed by atoms with van der Waals surface area (Å²) in [6, 6.07) is 21.6. The number of ketones is 1. The van der Waals surface area contributed by atoms with Gasteiger partial charge in [-0.3, -0.25) is 4.79 Å². The molecule has 0 aliphatic carbocycles. The first-order valence-corrected chi connectivity index (χ1v) is 10.7. The summed E-state index contributed by atoms with van der Waals surface area (Å²) >= 11 is 0. The van der Waals surface area contributed by atoms with E-state index in [1.54, 1.807) is 12.1 Å². The molecule has 3 aromatic carbocycles.